The van der Waals surface area contributed by atoms with Crippen molar-refractivity contribution in [3.63, 3.8) is 0 Å². The second kappa shape index (κ2) is 6.36. The van der Waals surface area contributed by atoms with Crippen LogP contribution in [0, 0.1) is 12.3 Å². The van der Waals surface area contributed by atoms with E-state index >= 15 is 0 Å². The SMILES string of the molecule is CCNC(=O)c1c(C)nc2c(c1C1CCCC1)C(=O)CC(C)(C)C2=O. The maximum absolute atomic E-state index is 12.9. The Kier molecular flexibility index (Phi) is 4.52. The lowest BCUT2D eigenvalue weighted by atomic mass is 9.71. The average Bonchev–Trinajstić information content (AvgIpc) is 3.05. The molecule has 25 heavy (non-hydrogen) atoms. The molecule has 1 aromatic rings. The molecule has 1 N–H and O–H groups in total. The number of hydrogen-bond acceptors (Lipinski definition) is 4. The van der Waals surface area contributed by atoms with Gasteiger partial charge in [-0.1, -0.05) is 26.7 Å². The Morgan fingerprint density at radius 2 is 1.88 bits per heavy atom. The van der Waals surface area contributed by atoms with Crippen LogP contribution < -0.4 is 5.32 Å². The van der Waals surface area contributed by atoms with Gasteiger partial charge in [-0.3, -0.25) is 14.4 Å². The molecule has 1 aromatic heterocycles. The van der Waals surface area contributed by atoms with Gasteiger partial charge in [-0.05, 0) is 38.2 Å². The number of rotatable bonds is 3. The highest BCUT2D eigenvalue weighted by molar-refractivity contribution is 6.17. The zero-order chi connectivity index (χ0) is 18.4. The van der Waals surface area contributed by atoms with Gasteiger partial charge in [-0.25, -0.2) is 4.98 Å². The summed E-state index contributed by atoms with van der Waals surface area (Å²) in [7, 11) is 0. The molecule has 0 unspecified atom stereocenters. The first kappa shape index (κ1) is 17.8. The Morgan fingerprint density at radius 1 is 1.24 bits per heavy atom. The Labute approximate surface area is 148 Å². The second-order valence-electron chi connectivity index (χ2n) is 7.86. The van der Waals surface area contributed by atoms with Crippen LogP contribution >= 0.6 is 0 Å². The highest BCUT2D eigenvalue weighted by Crippen LogP contribution is 2.43. The lowest BCUT2D eigenvalue weighted by Gasteiger charge is -2.31. The number of nitrogens with zero attached hydrogens (tertiary/aromatic N) is 1. The number of carbonyl (C=O) groups excluding carboxylic acids is 3. The van der Waals surface area contributed by atoms with Crippen molar-refractivity contribution in [2.75, 3.05) is 6.54 Å². The third-order valence-corrected chi connectivity index (χ3v) is 5.46. The summed E-state index contributed by atoms with van der Waals surface area (Å²) in [5.41, 5.74) is 1.79. The van der Waals surface area contributed by atoms with Gasteiger partial charge in [0.15, 0.2) is 11.6 Å². The lowest BCUT2D eigenvalue weighted by Crippen LogP contribution is -2.37. The molecule has 0 radical (unpaired) electrons. The van der Waals surface area contributed by atoms with E-state index in [2.05, 4.69) is 10.3 Å². The number of fused-ring (bicyclic) bond motifs is 1. The molecule has 1 fully saturated rings. The van der Waals surface area contributed by atoms with Gasteiger partial charge in [0.05, 0.1) is 16.8 Å². The number of pyridine rings is 1. The van der Waals surface area contributed by atoms with E-state index in [4.69, 9.17) is 0 Å². The minimum Gasteiger partial charge on any atom is -0.352 e. The first-order valence-electron chi connectivity index (χ1n) is 9.18. The normalized spacial score (nSPS) is 19.8. The molecule has 0 atom stereocenters. The van der Waals surface area contributed by atoms with Crippen LogP contribution in [0.5, 0.6) is 0 Å². The predicted octanol–water partition coefficient (Wildman–Crippen LogP) is 3.59. The number of nitrogens with one attached hydrogen (secondary N) is 1. The molecule has 5 nitrogen and oxygen atoms in total. The van der Waals surface area contributed by atoms with Crippen molar-refractivity contribution in [3.8, 4) is 0 Å². The highest BCUT2D eigenvalue weighted by atomic mass is 16.2. The maximum Gasteiger partial charge on any atom is 0.253 e. The minimum atomic E-state index is -0.732. The molecule has 0 aromatic carbocycles. The summed E-state index contributed by atoms with van der Waals surface area (Å²) in [6.45, 7) is 7.73. The summed E-state index contributed by atoms with van der Waals surface area (Å²) in [5, 5.41) is 2.84. The van der Waals surface area contributed by atoms with Gasteiger partial charge in [-0.15, -0.1) is 0 Å². The topological polar surface area (TPSA) is 76.1 Å². The van der Waals surface area contributed by atoms with E-state index in [9.17, 15) is 14.4 Å². The number of Topliss-reactive ketones (excluding diaryl/α,β-unsaturated/α-hetero) is 2. The Hall–Kier alpha value is -2.04. The predicted molar refractivity (Wildman–Crippen MR) is 95.2 cm³/mol. The van der Waals surface area contributed by atoms with Crippen LogP contribution in [0.3, 0.4) is 0 Å². The summed E-state index contributed by atoms with van der Waals surface area (Å²) in [5.74, 6) is -0.181. The fraction of sp³-hybridized carbons (Fsp3) is 0.600. The molecule has 3 rings (SSSR count). The first-order chi connectivity index (χ1) is 11.8. The summed E-state index contributed by atoms with van der Waals surface area (Å²) in [4.78, 5) is 43.0. The van der Waals surface area contributed by atoms with Crippen molar-refractivity contribution >= 4 is 17.5 Å². The Balaban J connectivity index is 2.29. The largest absolute Gasteiger partial charge is 0.352 e. The second-order valence-corrected chi connectivity index (χ2v) is 7.86. The third-order valence-electron chi connectivity index (χ3n) is 5.46. The van der Waals surface area contributed by atoms with Gasteiger partial charge in [0, 0.05) is 18.4 Å². The van der Waals surface area contributed by atoms with Crippen molar-refractivity contribution in [2.45, 2.75) is 65.7 Å². The van der Waals surface area contributed by atoms with E-state index in [1.807, 2.05) is 6.92 Å². The number of aryl methyl sites for hydroxylation is 1. The molecule has 0 aliphatic heterocycles. The fourth-order valence-electron chi connectivity index (χ4n) is 4.22. The van der Waals surface area contributed by atoms with Gasteiger partial charge >= 0.3 is 0 Å². The van der Waals surface area contributed by atoms with Crippen molar-refractivity contribution < 1.29 is 14.4 Å². The number of hydrogen-bond donors (Lipinski definition) is 1. The van der Waals surface area contributed by atoms with Gasteiger partial charge in [0.25, 0.3) is 5.91 Å². The number of aromatic nitrogens is 1. The average molecular weight is 342 g/mol. The molecular formula is C20H26N2O3. The molecule has 2 aliphatic rings. The van der Waals surface area contributed by atoms with Gasteiger partial charge in [0.2, 0.25) is 0 Å². The molecule has 1 saturated carbocycles. The van der Waals surface area contributed by atoms with Crippen LogP contribution in [0.4, 0.5) is 0 Å². The quantitative estimate of drug-likeness (QED) is 0.911. The zero-order valence-electron chi connectivity index (χ0n) is 15.5. The summed E-state index contributed by atoms with van der Waals surface area (Å²) in [6, 6.07) is 0. The van der Waals surface area contributed by atoms with E-state index < -0.39 is 5.41 Å². The molecule has 134 valence electrons. The van der Waals surface area contributed by atoms with Crippen LogP contribution in [0.2, 0.25) is 0 Å². The number of ketones is 2. The van der Waals surface area contributed by atoms with Crippen molar-refractivity contribution in [1.82, 2.24) is 10.3 Å². The molecule has 5 heteroatoms. The first-order valence-corrected chi connectivity index (χ1v) is 9.18. The monoisotopic (exact) mass is 342 g/mol. The molecule has 0 bridgehead atoms. The molecule has 1 heterocycles. The third kappa shape index (κ3) is 2.90. The Morgan fingerprint density at radius 3 is 2.48 bits per heavy atom. The molecule has 1 amide bonds. The van der Waals surface area contributed by atoms with Crippen LogP contribution in [-0.4, -0.2) is 29.0 Å². The molecule has 0 saturated heterocycles. The summed E-state index contributed by atoms with van der Waals surface area (Å²) in [6.07, 6.45) is 4.25. The highest BCUT2D eigenvalue weighted by Gasteiger charge is 2.43. The van der Waals surface area contributed by atoms with Crippen molar-refractivity contribution in [1.29, 1.82) is 0 Å². The van der Waals surface area contributed by atoms with E-state index in [1.165, 1.54) is 0 Å². The van der Waals surface area contributed by atoms with Crippen LogP contribution in [-0.2, 0) is 0 Å². The lowest BCUT2D eigenvalue weighted by molar-refractivity contribution is 0.0730. The van der Waals surface area contributed by atoms with Crippen LogP contribution in [0.1, 0.15) is 101 Å². The molecule has 2 aliphatic carbocycles. The Bertz CT molecular complexity index is 759. The molecule has 0 spiro atoms. The summed E-state index contributed by atoms with van der Waals surface area (Å²) < 4.78 is 0. The van der Waals surface area contributed by atoms with Crippen LogP contribution in [0.25, 0.3) is 0 Å². The van der Waals surface area contributed by atoms with E-state index in [1.54, 1.807) is 20.8 Å². The number of amides is 1. The maximum atomic E-state index is 12.9. The van der Waals surface area contributed by atoms with Gasteiger partial charge < -0.3 is 5.32 Å². The summed E-state index contributed by atoms with van der Waals surface area (Å²) >= 11 is 0. The van der Waals surface area contributed by atoms with E-state index in [0.29, 0.717) is 23.4 Å². The van der Waals surface area contributed by atoms with E-state index in [-0.39, 0.29) is 35.5 Å². The fourth-order valence-corrected chi connectivity index (χ4v) is 4.22. The van der Waals surface area contributed by atoms with Crippen molar-refractivity contribution in [2.24, 2.45) is 5.41 Å². The van der Waals surface area contributed by atoms with Crippen molar-refractivity contribution in [3.05, 3.63) is 28.1 Å². The minimum absolute atomic E-state index is 0.0560. The number of carbonyl (C=O) groups is 3. The van der Waals surface area contributed by atoms with Gasteiger partial charge in [0.1, 0.15) is 5.69 Å². The van der Waals surface area contributed by atoms with E-state index in [0.717, 1.165) is 31.2 Å². The smallest absolute Gasteiger partial charge is 0.253 e. The van der Waals surface area contributed by atoms with Crippen LogP contribution in [0.15, 0.2) is 0 Å². The standard InChI is InChI=1S/C20H26N2O3/c1-5-21-19(25)14-11(2)22-17-16(15(14)12-8-6-7-9-12)13(23)10-20(3,4)18(17)24/h12H,5-10H2,1-4H3,(H,21,25). The van der Waals surface area contributed by atoms with Gasteiger partial charge in [-0.2, -0.15) is 0 Å². The molecular weight excluding hydrogens is 316 g/mol. The zero-order valence-corrected chi connectivity index (χ0v) is 15.5.